The lowest BCUT2D eigenvalue weighted by Gasteiger charge is -2.47. The van der Waals surface area contributed by atoms with Gasteiger partial charge in [0.1, 0.15) is 0 Å². The van der Waals surface area contributed by atoms with Crippen LogP contribution in [-0.4, -0.2) is 23.3 Å². The lowest BCUT2D eigenvalue weighted by Crippen LogP contribution is -2.40. The minimum Gasteiger partial charge on any atom is -0.359 e. The Kier molecular flexibility index (Phi) is 5.55. The van der Waals surface area contributed by atoms with Crippen LogP contribution in [0.2, 0.25) is 0 Å². The van der Waals surface area contributed by atoms with E-state index in [9.17, 15) is 18.4 Å². The van der Waals surface area contributed by atoms with Crippen molar-refractivity contribution in [3.05, 3.63) is 30.0 Å². The molecule has 1 heterocycles. The molecular weight excluding hydrogens is 388 g/mol. The van der Waals surface area contributed by atoms with Crippen molar-refractivity contribution in [3.63, 3.8) is 0 Å². The Morgan fingerprint density at radius 1 is 1.10 bits per heavy atom. The Morgan fingerprint density at radius 3 is 2.47 bits per heavy atom. The van der Waals surface area contributed by atoms with Crippen molar-refractivity contribution in [1.29, 1.82) is 0 Å². The number of benzene rings is 1. The number of amides is 2. The molecule has 2 aliphatic rings. The second-order valence-corrected chi connectivity index (χ2v) is 9.74. The number of hydrogen-bond acceptors (Lipinski definition) is 2. The van der Waals surface area contributed by atoms with E-state index < -0.39 is 23.4 Å². The first-order valence-electron chi connectivity index (χ1n) is 10.8. The van der Waals surface area contributed by atoms with Crippen LogP contribution in [0.25, 0.3) is 10.9 Å². The third-order valence-corrected chi connectivity index (χ3v) is 6.89. The molecular formula is C23H29F2N3O2. The highest BCUT2D eigenvalue weighted by molar-refractivity contribution is 6.40. The second kappa shape index (κ2) is 8.00. The predicted molar refractivity (Wildman–Crippen MR) is 112 cm³/mol. The van der Waals surface area contributed by atoms with Crippen LogP contribution in [0, 0.1) is 34.8 Å². The molecule has 5 nitrogen and oxygen atoms in total. The smallest absolute Gasteiger partial charge is 0.313 e. The summed E-state index contributed by atoms with van der Waals surface area (Å²) in [6, 6.07) is 2.01. The third-order valence-electron chi connectivity index (χ3n) is 6.89. The van der Waals surface area contributed by atoms with Crippen molar-refractivity contribution >= 4 is 28.4 Å². The van der Waals surface area contributed by atoms with Gasteiger partial charge in [-0.3, -0.25) is 9.59 Å². The number of fused-ring (bicyclic) bond motifs is 3. The van der Waals surface area contributed by atoms with E-state index in [1.165, 1.54) is 38.3 Å². The van der Waals surface area contributed by atoms with Gasteiger partial charge in [-0.25, -0.2) is 8.78 Å². The largest absolute Gasteiger partial charge is 0.359 e. The molecule has 4 atom stereocenters. The fraction of sp³-hybridized carbons (Fsp3) is 0.565. The fourth-order valence-electron chi connectivity index (χ4n) is 5.87. The van der Waals surface area contributed by atoms with Crippen molar-refractivity contribution in [3.8, 4) is 0 Å². The Labute approximate surface area is 175 Å². The number of carbonyl (C=O) groups excluding carboxylic acids is 2. The van der Waals surface area contributed by atoms with Gasteiger partial charge in [0.05, 0.1) is 11.2 Å². The average molecular weight is 418 g/mol. The number of anilines is 1. The summed E-state index contributed by atoms with van der Waals surface area (Å²) in [7, 11) is 0. The number of carbonyl (C=O) groups is 2. The molecule has 2 amide bonds. The first-order valence-corrected chi connectivity index (χ1v) is 10.8. The Morgan fingerprint density at radius 2 is 1.77 bits per heavy atom. The first kappa shape index (κ1) is 20.8. The molecule has 0 saturated heterocycles. The lowest BCUT2D eigenvalue weighted by atomic mass is 9.58. The molecule has 0 radical (unpaired) electrons. The van der Waals surface area contributed by atoms with Crippen LogP contribution in [-0.2, 0) is 9.59 Å². The van der Waals surface area contributed by atoms with E-state index in [-0.39, 0.29) is 11.1 Å². The molecule has 0 aliphatic heterocycles. The van der Waals surface area contributed by atoms with E-state index >= 15 is 0 Å². The number of hydrogen-bond donors (Lipinski definition) is 3. The van der Waals surface area contributed by atoms with Crippen molar-refractivity contribution in [1.82, 2.24) is 10.3 Å². The maximum Gasteiger partial charge on any atom is 0.313 e. The summed E-state index contributed by atoms with van der Waals surface area (Å²) in [4.78, 5) is 27.3. The van der Waals surface area contributed by atoms with Crippen LogP contribution in [0.3, 0.4) is 0 Å². The number of halogens is 2. The number of aromatic nitrogens is 1. The van der Waals surface area contributed by atoms with Gasteiger partial charge in [0.15, 0.2) is 11.6 Å². The van der Waals surface area contributed by atoms with Gasteiger partial charge in [-0.1, -0.05) is 13.8 Å². The van der Waals surface area contributed by atoms with Crippen molar-refractivity contribution < 1.29 is 18.4 Å². The van der Waals surface area contributed by atoms with Gasteiger partial charge in [0.25, 0.3) is 0 Å². The summed E-state index contributed by atoms with van der Waals surface area (Å²) in [5, 5.41) is 5.50. The predicted octanol–water partition coefficient (Wildman–Crippen LogP) is 4.74. The molecule has 4 rings (SSSR count). The van der Waals surface area contributed by atoms with Gasteiger partial charge in [-0.05, 0) is 67.8 Å². The maximum atomic E-state index is 13.5. The summed E-state index contributed by atoms with van der Waals surface area (Å²) >= 11 is 0. The monoisotopic (exact) mass is 417 g/mol. The first-order chi connectivity index (χ1) is 14.2. The molecule has 3 N–H and O–H groups in total. The Balaban J connectivity index is 1.30. The van der Waals surface area contributed by atoms with Crippen molar-refractivity contribution in [2.45, 2.75) is 52.4 Å². The van der Waals surface area contributed by atoms with E-state index in [4.69, 9.17) is 0 Å². The van der Waals surface area contributed by atoms with Gasteiger partial charge in [0.2, 0.25) is 0 Å². The molecule has 2 saturated carbocycles. The van der Waals surface area contributed by atoms with Crippen LogP contribution >= 0.6 is 0 Å². The molecule has 7 heteroatoms. The van der Waals surface area contributed by atoms with Crippen LogP contribution in [0.1, 0.15) is 52.4 Å². The van der Waals surface area contributed by atoms with Crippen LogP contribution in [0.5, 0.6) is 0 Å². The molecule has 1 aromatic carbocycles. The van der Waals surface area contributed by atoms with Crippen molar-refractivity contribution in [2.24, 2.45) is 23.2 Å². The quantitative estimate of drug-likeness (QED) is 0.629. The van der Waals surface area contributed by atoms with E-state index in [0.29, 0.717) is 17.4 Å². The van der Waals surface area contributed by atoms with E-state index in [0.717, 1.165) is 36.3 Å². The molecule has 30 heavy (non-hydrogen) atoms. The van der Waals surface area contributed by atoms with Gasteiger partial charge in [-0.15, -0.1) is 0 Å². The SMILES string of the molecule is CC1C[C@@H]2C[C@H](C1)CC(C)(CCNC(=O)C(=O)Nc1c[nH]c3cc(F)c(F)cc13)C2. The lowest BCUT2D eigenvalue weighted by molar-refractivity contribution is -0.136. The zero-order valence-electron chi connectivity index (χ0n) is 17.5. The molecule has 2 unspecified atom stereocenters. The summed E-state index contributed by atoms with van der Waals surface area (Å²) < 4.78 is 26.8. The summed E-state index contributed by atoms with van der Waals surface area (Å²) in [6.07, 6.45) is 8.58. The van der Waals surface area contributed by atoms with Gasteiger partial charge in [0, 0.05) is 24.2 Å². The third kappa shape index (κ3) is 4.35. The van der Waals surface area contributed by atoms with E-state index in [2.05, 4.69) is 29.5 Å². The van der Waals surface area contributed by atoms with E-state index in [1.54, 1.807) is 0 Å². The second-order valence-electron chi connectivity index (χ2n) is 9.74. The number of rotatable bonds is 4. The molecule has 162 valence electrons. The fourth-order valence-corrected chi connectivity index (χ4v) is 5.87. The van der Waals surface area contributed by atoms with Crippen LogP contribution in [0.15, 0.2) is 18.3 Å². The number of H-pyrrole nitrogens is 1. The van der Waals surface area contributed by atoms with Gasteiger partial charge < -0.3 is 15.6 Å². The minimum atomic E-state index is -1.01. The minimum absolute atomic E-state index is 0.204. The van der Waals surface area contributed by atoms with Crippen LogP contribution < -0.4 is 10.6 Å². The Hall–Kier alpha value is -2.44. The molecule has 2 aliphatic carbocycles. The molecule has 2 aromatic rings. The highest BCUT2D eigenvalue weighted by atomic mass is 19.2. The molecule has 1 aromatic heterocycles. The topological polar surface area (TPSA) is 74.0 Å². The number of aromatic amines is 1. The maximum absolute atomic E-state index is 13.5. The summed E-state index contributed by atoms with van der Waals surface area (Å²) in [5.41, 5.74) is 0.788. The van der Waals surface area contributed by atoms with Gasteiger partial charge in [-0.2, -0.15) is 0 Å². The number of nitrogens with one attached hydrogen (secondary N) is 3. The van der Waals surface area contributed by atoms with E-state index in [1.807, 2.05) is 0 Å². The zero-order chi connectivity index (χ0) is 21.5. The summed E-state index contributed by atoms with van der Waals surface area (Å²) in [6.45, 7) is 5.10. The zero-order valence-corrected chi connectivity index (χ0v) is 17.5. The van der Waals surface area contributed by atoms with Gasteiger partial charge >= 0.3 is 11.8 Å². The standard InChI is InChI=1S/C23H29F2N3O2/c1-13-5-14-7-15(6-13)11-23(2,10-14)3-4-26-21(29)22(30)28-20-12-27-19-9-18(25)17(24)8-16(19)20/h8-9,12-15,27H,3-7,10-11H2,1-2H3,(H,26,29)(H,28,30)/t13?,14-,15+,23?. The molecule has 2 bridgehead atoms. The average Bonchev–Trinajstić information content (AvgIpc) is 3.02. The Bertz CT molecular complexity index is 953. The molecule has 2 fully saturated rings. The van der Waals surface area contributed by atoms with Crippen LogP contribution in [0.4, 0.5) is 14.5 Å². The van der Waals surface area contributed by atoms with Crippen molar-refractivity contribution in [2.75, 3.05) is 11.9 Å². The highest BCUT2D eigenvalue weighted by Gasteiger charge is 2.40. The highest BCUT2D eigenvalue weighted by Crippen LogP contribution is 2.51. The normalized spacial score (nSPS) is 28.3. The summed E-state index contributed by atoms with van der Waals surface area (Å²) in [5.74, 6) is -1.15. The molecule has 0 spiro atoms.